The van der Waals surface area contributed by atoms with E-state index in [0.717, 1.165) is 11.2 Å². The van der Waals surface area contributed by atoms with Gasteiger partial charge in [-0.2, -0.15) is 0 Å². The van der Waals surface area contributed by atoms with E-state index in [9.17, 15) is 17.6 Å². The van der Waals surface area contributed by atoms with Crippen molar-refractivity contribution in [3.63, 3.8) is 0 Å². The number of rotatable bonds is 6. The van der Waals surface area contributed by atoms with E-state index in [1.807, 2.05) is 0 Å². The molecule has 0 heterocycles. The molecular weight excluding hydrogens is 263 g/mol. The Balaban J connectivity index is 2.36. The summed E-state index contributed by atoms with van der Waals surface area (Å²) in [5.74, 6) is -0.348. The third kappa shape index (κ3) is 6.43. The molecule has 1 rings (SSSR count). The van der Waals surface area contributed by atoms with Crippen LogP contribution in [0.25, 0.3) is 0 Å². The SMILES string of the molecule is CS(=O)(=O)CCC(=O)CSc1ccc(F)cc1. The average Bonchev–Trinajstić information content (AvgIpc) is 2.25. The quantitative estimate of drug-likeness (QED) is 0.745. The number of sulfone groups is 1. The predicted molar refractivity (Wildman–Crippen MR) is 66.5 cm³/mol. The molecule has 17 heavy (non-hydrogen) atoms. The van der Waals surface area contributed by atoms with Gasteiger partial charge in [-0.3, -0.25) is 4.79 Å². The van der Waals surface area contributed by atoms with Gasteiger partial charge in [-0.05, 0) is 24.3 Å². The summed E-state index contributed by atoms with van der Waals surface area (Å²) in [4.78, 5) is 12.2. The highest BCUT2D eigenvalue weighted by atomic mass is 32.2. The number of carbonyl (C=O) groups excluding carboxylic acids is 1. The maximum atomic E-state index is 12.6. The molecule has 3 nitrogen and oxygen atoms in total. The van der Waals surface area contributed by atoms with Crippen molar-refractivity contribution in [2.45, 2.75) is 11.3 Å². The van der Waals surface area contributed by atoms with E-state index in [1.165, 1.54) is 23.9 Å². The molecule has 0 aliphatic carbocycles. The van der Waals surface area contributed by atoms with Crippen molar-refractivity contribution in [1.29, 1.82) is 0 Å². The van der Waals surface area contributed by atoms with Crippen LogP contribution >= 0.6 is 11.8 Å². The summed E-state index contributed by atoms with van der Waals surface area (Å²) < 4.78 is 34.3. The fraction of sp³-hybridized carbons (Fsp3) is 0.364. The Morgan fingerprint density at radius 1 is 1.29 bits per heavy atom. The van der Waals surface area contributed by atoms with Crippen molar-refractivity contribution >= 4 is 27.4 Å². The lowest BCUT2D eigenvalue weighted by atomic mass is 10.3. The smallest absolute Gasteiger partial charge is 0.147 e. The van der Waals surface area contributed by atoms with Crippen molar-refractivity contribution < 1.29 is 17.6 Å². The number of benzene rings is 1. The Morgan fingerprint density at radius 3 is 2.41 bits per heavy atom. The number of hydrogen-bond donors (Lipinski definition) is 0. The maximum Gasteiger partial charge on any atom is 0.147 e. The summed E-state index contributed by atoms with van der Waals surface area (Å²) in [5, 5.41) is 0. The molecule has 0 fully saturated rings. The number of Topliss-reactive ketones (excluding diaryl/α,β-unsaturated/α-hetero) is 1. The van der Waals surface area contributed by atoms with Gasteiger partial charge in [0.05, 0.1) is 11.5 Å². The van der Waals surface area contributed by atoms with Crippen LogP contribution in [0.2, 0.25) is 0 Å². The standard InChI is InChI=1S/C11H13FO3S2/c1-17(14,15)7-6-10(13)8-16-11-4-2-9(12)3-5-11/h2-5H,6-8H2,1H3. The molecule has 1 aromatic rings. The highest BCUT2D eigenvalue weighted by molar-refractivity contribution is 8.00. The first-order chi connectivity index (χ1) is 7.87. The van der Waals surface area contributed by atoms with E-state index < -0.39 is 9.84 Å². The summed E-state index contributed by atoms with van der Waals surface area (Å²) in [6, 6.07) is 5.82. The molecule has 0 bridgehead atoms. The molecule has 0 spiro atoms. The lowest BCUT2D eigenvalue weighted by Gasteiger charge is -2.01. The minimum Gasteiger partial charge on any atom is -0.299 e. The van der Waals surface area contributed by atoms with Crippen LogP contribution in [0.4, 0.5) is 4.39 Å². The van der Waals surface area contributed by atoms with Crippen molar-refractivity contribution in [2.75, 3.05) is 17.8 Å². The summed E-state index contributed by atoms with van der Waals surface area (Å²) in [6.45, 7) is 0. The van der Waals surface area contributed by atoms with Crippen LogP contribution in [0.15, 0.2) is 29.2 Å². The topological polar surface area (TPSA) is 51.2 Å². The summed E-state index contributed by atoms with van der Waals surface area (Å²) in [5.41, 5.74) is 0. The van der Waals surface area contributed by atoms with Crippen LogP contribution in [-0.4, -0.2) is 32.0 Å². The molecule has 0 saturated carbocycles. The zero-order chi connectivity index (χ0) is 12.9. The number of thioether (sulfide) groups is 1. The van der Waals surface area contributed by atoms with Crippen molar-refractivity contribution in [3.05, 3.63) is 30.1 Å². The van der Waals surface area contributed by atoms with Crippen LogP contribution in [0.3, 0.4) is 0 Å². The molecule has 0 N–H and O–H groups in total. The van der Waals surface area contributed by atoms with Crippen LogP contribution in [0.1, 0.15) is 6.42 Å². The average molecular weight is 276 g/mol. The molecule has 0 aliphatic rings. The Morgan fingerprint density at radius 2 is 1.88 bits per heavy atom. The molecule has 0 amide bonds. The van der Waals surface area contributed by atoms with Crippen molar-refractivity contribution in [3.8, 4) is 0 Å². The summed E-state index contributed by atoms with van der Waals surface area (Å²) >= 11 is 1.28. The highest BCUT2D eigenvalue weighted by Crippen LogP contribution is 2.18. The molecule has 0 aromatic heterocycles. The van der Waals surface area contributed by atoms with Gasteiger partial charge in [0.15, 0.2) is 0 Å². The van der Waals surface area contributed by atoms with E-state index in [-0.39, 0.29) is 29.5 Å². The predicted octanol–water partition coefficient (Wildman–Crippen LogP) is 1.92. The van der Waals surface area contributed by atoms with Gasteiger partial charge in [-0.15, -0.1) is 11.8 Å². The van der Waals surface area contributed by atoms with Gasteiger partial charge in [0, 0.05) is 17.6 Å². The van der Waals surface area contributed by atoms with Crippen LogP contribution in [0, 0.1) is 5.82 Å². The largest absolute Gasteiger partial charge is 0.299 e. The molecule has 0 aliphatic heterocycles. The monoisotopic (exact) mass is 276 g/mol. The fourth-order valence-electron chi connectivity index (χ4n) is 1.07. The van der Waals surface area contributed by atoms with Gasteiger partial charge >= 0.3 is 0 Å². The zero-order valence-corrected chi connectivity index (χ0v) is 11.0. The van der Waals surface area contributed by atoms with Gasteiger partial charge < -0.3 is 0 Å². The second-order valence-corrected chi connectivity index (χ2v) is 6.97. The molecule has 6 heteroatoms. The Kier molecular flexibility index (Phi) is 5.14. The first-order valence-corrected chi connectivity index (χ1v) is 7.99. The molecule has 1 aromatic carbocycles. The van der Waals surface area contributed by atoms with Crippen LogP contribution in [-0.2, 0) is 14.6 Å². The molecule has 0 atom stereocenters. The van der Waals surface area contributed by atoms with Gasteiger partial charge in [0.2, 0.25) is 0 Å². The summed E-state index contributed by atoms with van der Waals surface area (Å²) in [7, 11) is -3.09. The van der Waals surface area contributed by atoms with Gasteiger partial charge in [-0.1, -0.05) is 0 Å². The lowest BCUT2D eigenvalue weighted by Crippen LogP contribution is -2.10. The van der Waals surface area contributed by atoms with E-state index in [1.54, 1.807) is 12.1 Å². The first-order valence-electron chi connectivity index (χ1n) is 4.94. The van der Waals surface area contributed by atoms with E-state index in [0.29, 0.717) is 0 Å². The molecular formula is C11H13FO3S2. The molecule has 0 saturated heterocycles. The second-order valence-electron chi connectivity index (χ2n) is 3.66. The zero-order valence-electron chi connectivity index (χ0n) is 9.35. The van der Waals surface area contributed by atoms with Crippen molar-refractivity contribution in [2.24, 2.45) is 0 Å². The second kappa shape index (κ2) is 6.16. The first kappa shape index (κ1) is 14.2. The Hall–Kier alpha value is -0.880. The van der Waals surface area contributed by atoms with Gasteiger partial charge in [-0.25, -0.2) is 12.8 Å². The minimum atomic E-state index is -3.09. The van der Waals surface area contributed by atoms with E-state index in [2.05, 4.69) is 0 Å². The van der Waals surface area contributed by atoms with E-state index in [4.69, 9.17) is 0 Å². The normalized spacial score (nSPS) is 11.4. The summed E-state index contributed by atoms with van der Waals surface area (Å²) in [6.07, 6.45) is 1.14. The maximum absolute atomic E-state index is 12.6. The molecule has 0 unspecified atom stereocenters. The van der Waals surface area contributed by atoms with Gasteiger partial charge in [0.25, 0.3) is 0 Å². The van der Waals surface area contributed by atoms with E-state index >= 15 is 0 Å². The number of hydrogen-bond acceptors (Lipinski definition) is 4. The third-order valence-electron chi connectivity index (χ3n) is 1.97. The minimum absolute atomic E-state index is 0.0348. The number of ketones is 1. The molecule has 94 valence electrons. The van der Waals surface area contributed by atoms with Crippen LogP contribution in [0.5, 0.6) is 0 Å². The molecule has 0 radical (unpaired) electrons. The Labute approximate surface area is 104 Å². The number of carbonyl (C=O) groups is 1. The lowest BCUT2D eigenvalue weighted by molar-refractivity contribution is -0.116. The fourth-order valence-corrected chi connectivity index (χ4v) is 2.47. The highest BCUT2D eigenvalue weighted by Gasteiger charge is 2.08. The van der Waals surface area contributed by atoms with Gasteiger partial charge in [0.1, 0.15) is 21.4 Å². The number of halogens is 1. The van der Waals surface area contributed by atoms with Crippen molar-refractivity contribution in [1.82, 2.24) is 0 Å². The Bertz CT molecular complexity index is 480. The van der Waals surface area contributed by atoms with Crippen LogP contribution < -0.4 is 0 Å². The third-order valence-corrected chi connectivity index (χ3v) is 3.98.